The molecular formula is C9H16ClNO2. The molecule has 0 aromatic heterocycles. The van der Waals surface area contributed by atoms with Gasteiger partial charge in [-0.25, -0.2) is 4.79 Å². The van der Waals surface area contributed by atoms with Gasteiger partial charge in [0, 0.05) is 6.54 Å². The Morgan fingerprint density at radius 1 is 1.54 bits per heavy atom. The van der Waals surface area contributed by atoms with E-state index in [4.69, 9.17) is 22.1 Å². The minimum absolute atomic E-state index is 0.0685. The fourth-order valence-electron chi connectivity index (χ4n) is 0.773. The van der Waals surface area contributed by atoms with Gasteiger partial charge in [0.25, 0.3) is 0 Å². The Hall–Kier alpha value is -0.540. The topological polar surface area (TPSA) is 52.3 Å². The number of hydrogen-bond acceptors (Lipinski definition) is 3. The van der Waals surface area contributed by atoms with Crippen molar-refractivity contribution in [3.05, 3.63) is 11.1 Å². The zero-order valence-corrected chi connectivity index (χ0v) is 8.64. The summed E-state index contributed by atoms with van der Waals surface area (Å²) in [6.07, 6.45) is 4.48. The third-order valence-corrected chi connectivity index (χ3v) is 1.78. The number of rotatable bonds is 6. The quantitative estimate of drug-likeness (QED) is 0.409. The minimum Gasteiger partial charge on any atom is -0.461 e. The largest absolute Gasteiger partial charge is 0.461 e. The van der Waals surface area contributed by atoms with Gasteiger partial charge in [-0.05, 0) is 12.5 Å². The van der Waals surface area contributed by atoms with Gasteiger partial charge in [-0.1, -0.05) is 31.4 Å². The van der Waals surface area contributed by atoms with Gasteiger partial charge in [0.15, 0.2) is 0 Å². The molecule has 3 nitrogen and oxygen atoms in total. The lowest BCUT2D eigenvalue weighted by molar-refractivity contribution is -0.138. The molecule has 0 bridgehead atoms. The number of unbranched alkanes of at least 4 members (excludes halogenated alkanes) is 2. The average Bonchev–Trinajstić information content (AvgIpc) is 2.12. The summed E-state index contributed by atoms with van der Waals surface area (Å²) in [6, 6.07) is 0. The van der Waals surface area contributed by atoms with Crippen molar-refractivity contribution in [3.63, 3.8) is 0 Å². The summed E-state index contributed by atoms with van der Waals surface area (Å²) < 4.78 is 4.86. The van der Waals surface area contributed by atoms with Crippen molar-refractivity contribution in [2.24, 2.45) is 5.73 Å². The van der Waals surface area contributed by atoms with Gasteiger partial charge in [-0.3, -0.25) is 0 Å². The smallest absolute Gasteiger partial charge is 0.349 e. The molecule has 0 unspecified atom stereocenters. The molecular weight excluding hydrogens is 190 g/mol. The summed E-state index contributed by atoms with van der Waals surface area (Å²) in [4.78, 5) is 11.0. The molecule has 0 heterocycles. The van der Waals surface area contributed by atoms with Crippen LogP contribution in [0, 0.1) is 0 Å². The zero-order chi connectivity index (χ0) is 10.1. The van der Waals surface area contributed by atoms with E-state index in [2.05, 4.69) is 6.92 Å². The first kappa shape index (κ1) is 12.5. The number of carbonyl (C=O) groups is 1. The second kappa shape index (κ2) is 8.08. The number of nitrogens with two attached hydrogens (primary N) is 1. The predicted molar refractivity (Wildman–Crippen MR) is 53.5 cm³/mol. The molecule has 0 aliphatic carbocycles. The second-order valence-electron chi connectivity index (χ2n) is 2.63. The molecule has 0 saturated heterocycles. The molecule has 2 N–H and O–H groups in total. The van der Waals surface area contributed by atoms with Crippen molar-refractivity contribution < 1.29 is 9.53 Å². The van der Waals surface area contributed by atoms with Crippen LogP contribution in [0.2, 0.25) is 0 Å². The molecule has 0 aliphatic heterocycles. The van der Waals surface area contributed by atoms with E-state index < -0.39 is 5.97 Å². The van der Waals surface area contributed by atoms with Crippen molar-refractivity contribution in [1.82, 2.24) is 0 Å². The molecule has 0 aromatic carbocycles. The maximum atomic E-state index is 11.0. The summed E-state index contributed by atoms with van der Waals surface area (Å²) in [5.41, 5.74) is 5.17. The Morgan fingerprint density at radius 3 is 2.77 bits per heavy atom. The van der Waals surface area contributed by atoms with Crippen molar-refractivity contribution >= 4 is 17.6 Å². The van der Waals surface area contributed by atoms with Gasteiger partial charge in [0.2, 0.25) is 0 Å². The van der Waals surface area contributed by atoms with E-state index in [0.717, 1.165) is 19.3 Å². The Bertz CT molecular complexity index is 180. The molecule has 4 heteroatoms. The van der Waals surface area contributed by atoms with Crippen LogP contribution in [0.4, 0.5) is 0 Å². The van der Waals surface area contributed by atoms with E-state index in [1.54, 1.807) is 0 Å². The van der Waals surface area contributed by atoms with Gasteiger partial charge < -0.3 is 10.5 Å². The first-order valence-corrected chi connectivity index (χ1v) is 4.83. The van der Waals surface area contributed by atoms with E-state index in [0.29, 0.717) is 6.61 Å². The highest BCUT2D eigenvalue weighted by Crippen LogP contribution is 2.04. The van der Waals surface area contributed by atoms with E-state index >= 15 is 0 Å². The van der Waals surface area contributed by atoms with Gasteiger partial charge >= 0.3 is 5.97 Å². The summed E-state index contributed by atoms with van der Waals surface area (Å²) in [7, 11) is 0. The number of halogens is 1. The summed E-state index contributed by atoms with van der Waals surface area (Å²) in [5, 5.41) is 0.0685. The Kier molecular flexibility index (Phi) is 7.74. The van der Waals surface area contributed by atoms with Crippen LogP contribution in [0.3, 0.4) is 0 Å². The van der Waals surface area contributed by atoms with Crippen molar-refractivity contribution in [2.75, 3.05) is 13.2 Å². The number of ether oxygens (including phenoxy) is 1. The van der Waals surface area contributed by atoms with Crippen molar-refractivity contribution in [2.45, 2.75) is 26.2 Å². The third kappa shape index (κ3) is 6.61. The molecule has 76 valence electrons. The molecule has 0 saturated carbocycles. The van der Waals surface area contributed by atoms with E-state index in [-0.39, 0.29) is 11.6 Å². The molecule has 0 aromatic rings. The van der Waals surface area contributed by atoms with E-state index in [1.807, 2.05) is 0 Å². The lowest BCUT2D eigenvalue weighted by Gasteiger charge is -2.02. The van der Waals surface area contributed by atoms with Crippen LogP contribution >= 0.6 is 11.6 Å². The first-order chi connectivity index (χ1) is 6.22. The van der Waals surface area contributed by atoms with Crippen LogP contribution in [0.1, 0.15) is 26.2 Å². The average molecular weight is 206 g/mol. The first-order valence-electron chi connectivity index (χ1n) is 4.45. The van der Waals surface area contributed by atoms with Crippen LogP contribution < -0.4 is 5.73 Å². The maximum Gasteiger partial charge on any atom is 0.349 e. The number of hydrogen-bond donors (Lipinski definition) is 1. The van der Waals surface area contributed by atoms with Crippen molar-refractivity contribution in [1.29, 1.82) is 0 Å². The fraction of sp³-hybridized carbons (Fsp3) is 0.667. The van der Waals surface area contributed by atoms with Gasteiger partial charge in [-0.15, -0.1) is 0 Å². The summed E-state index contributed by atoms with van der Waals surface area (Å²) in [6.45, 7) is 2.77. The van der Waals surface area contributed by atoms with Crippen LogP contribution in [0.15, 0.2) is 11.1 Å². The Morgan fingerprint density at radius 2 is 2.23 bits per heavy atom. The van der Waals surface area contributed by atoms with Gasteiger partial charge in [-0.2, -0.15) is 0 Å². The predicted octanol–water partition coefficient (Wildman–Crippen LogP) is 1.80. The number of esters is 1. The molecule has 0 spiro atoms. The molecule has 0 amide bonds. The molecule has 0 rings (SSSR count). The Balaban J connectivity index is 3.56. The second-order valence-corrected chi connectivity index (χ2v) is 3.04. The molecule has 0 aliphatic rings. The molecule has 0 fully saturated rings. The van der Waals surface area contributed by atoms with E-state index in [9.17, 15) is 4.79 Å². The number of carbonyl (C=O) groups excluding carboxylic acids is 1. The molecule has 0 radical (unpaired) electrons. The highest BCUT2D eigenvalue weighted by molar-refractivity contribution is 6.41. The van der Waals surface area contributed by atoms with Crippen LogP contribution in [-0.4, -0.2) is 19.1 Å². The lowest BCUT2D eigenvalue weighted by atomic mass is 10.3. The van der Waals surface area contributed by atoms with Crippen LogP contribution in [-0.2, 0) is 9.53 Å². The van der Waals surface area contributed by atoms with Crippen LogP contribution in [0.25, 0.3) is 0 Å². The molecule has 13 heavy (non-hydrogen) atoms. The Labute approximate surface area is 83.9 Å². The highest BCUT2D eigenvalue weighted by atomic mass is 35.5. The zero-order valence-electron chi connectivity index (χ0n) is 7.88. The van der Waals surface area contributed by atoms with E-state index in [1.165, 1.54) is 6.08 Å². The fourth-order valence-corrected chi connectivity index (χ4v) is 0.916. The normalized spacial score (nSPS) is 11.5. The van der Waals surface area contributed by atoms with Crippen LogP contribution in [0.5, 0.6) is 0 Å². The lowest BCUT2D eigenvalue weighted by Crippen LogP contribution is -2.07. The SMILES string of the molecule is CCCCCOC(=O)/C(Cl)=C/CN. The standard InChI is InChI=1S/C9H16ClNO2/c1-2-3-4-7-13-9(12)8(10)5-6-11/h5H,2-4,6-7,11H2,1H3/b8-5-. The summed E-state index contributed by atoms with van der Waals surface area (Å²) in [5.74, 6) is -0.483. The summed E-state index contributed by atoms with van der Waals surface area (Å²) >= 11 is 5.55. The van der Waals surface area contributed by atoms with Gasteiger partial charge in [0.1, 0.15) is 5.03 Å². The minimum atomic E-state index is -0.483. The van der Waals surface area contributed by atoms with Gasteiger partial charge in [0.05, 0.1) is 6.61 Å². The third-order valence-electron chi connectivity index (χ3n) is 1.47. The highest BCUT2D eigenvalue weighted by Gasteiger charge is 2.05. The van der Waals surface area contributed by atoms with Crippen molar-refractivity contribution in [3.8, 4) is 0 Å². The molecule has 0 atom stereocenters. The maximum absolute atomic E-state index is 11.0. The monoisotopic (exact) mass is 205 g/mol.